The number of rotatable bonds is 5. The van der Waals surface area contributed by atoms with Crippen LogP contribution in [0, 0.1) is 13.8 Å². The summed E-state index contributed by atoms with van der Waals surface area (Å²) in [5.74, 6) is -1.30. The first-order valence-electron chi connectivity index (χ1n) is 8.99. The Morgan fingerprint density at radius 3 is 2.28 bits per heavy atom. The summed E-state index contributed by atoms with van der Waals surface area (Å²) in [4.78, 5) is 37.0. The Balaban J connectivity index is 1.63. The second-order valence-corrected chi connectivity index (χ2v) is 6.45. The fourth-order valence-electron chi connectivity index (χ4n) is 2.78. The summed E-state index contributed by atoms with van der Waals surface area (Å²) in [6.07, 6.45) is 0. The summed E-state index contributed by atoms with van der Waals surface area (Å²) >= 11 is 0. The van der Waals surface area contributed by atoms with Crippen molar-refractivity contribution in [2.45, 2.75) is 20.4 Å². The number of carbonyl (C=O) groups is 3. The van der Waals surface area contributed by atoms with Gasteiger partial charge in [0.2, 0.25) is 0 Å². The Labute approximate surface area is 167 Å². The van der Waals surface area contributed by atoms with E-state index < -0.39 is 11.8 Å². The lowest BCUT2D eigenvalue weighted by atomic mass is 10.1. The molecule has 1 heterocycles. The molecule has 0 bridgehead atoms. The molecule has 0 unspecified atom stereocenters. The number of para-hydroxylation sites is 1. The second-order valence-electron chi connectivity index (χ2n) is 6.45. The molecule has 3 aromatic rings. The van der Waals surface area contributed by atoms with E-state index in [0.717, 1.165) is 11.4 Å². The van der Waals surface area contributed by atoms with Gasteiger partial charge >= 0.3 is 0 Å². The molecule has 8 nitrogen and oxygen atoms in total. The first-order chi connectivity index (χ1) is 13.9. The van der Waals surface area contributed by atoms with Crippen molar-refractivity contribution in [1.29, 1.82) is 0 Å². The predicted octanol–water partition coefficient (Wildman–Crippen LogP) is 2.21. The SMILES string of the molecule is Cc1cc(C)n(CC(=O)NNC(=O)c2ccccc2NC(=O)c2ccccc2)n1. The molecule has 8 heteroatoms. The van der Waals surface area contributed by atoms with Crippen LogP contribution >= 0.6 is 0 Å². The maximum atomic E-state index is 12.5. The molecule has 148 valence electrons. The van der Waals surface area contributed by atoms with Crippen molar-refractivity contribution < 1.29 is 14.4 Å². The highest BCUT2D eigenvalue weighted by Crippen LogP contribution is 2.16. The summed E-state index contributed by atoms with van der Waals surface area (Å²) < 4.78 is 1.55. The zero-order valence-electron chi connectivity index (χ0n) is 16.1. The van der Waals surface area contributed by atoms with Gasteiger partial charge < -0.3 is 5.32 Å². The van der Waals surface area contributed by atoms with Crippen LogP contribution in [0.5, 0.6) is 0 Å². The molecule has 0 aliphatic rings. The normalized spacial score (nSPS) is 10.3. The van der Waals surface area contributed by atoms with Gasteiger partial charge in [-0.3, -0.25) is 29.9 Å². The maximum Gasteiger partial charge on any atom is 0.271 e. The van der Waals surface area contributed by atoms with Crippen molar-refractivity contribution >= 4 is 23.4 Å². The molecule has 0 fully saturated rings. The highest BCUT2D eigenvalue weighted by atomic mass is 16.2. The zero-order valence-corrected chi connectivity index (χ0v) is 16.1. The quantitative estimate of drug-likeness (QED) is 0.580. The lowest BCUT2D eigenvalue weighted by Gasteiger charge is -2.12. The van der Waals surface area contributed by atoms with Gasteiger partial charge in [0.25, 0.3) is 17.7 Å². The average molecular weight is 391 g/mol. The molecule has 0 saturated carbocycles. The average Bonchev–Trinajstić information content (AvgIpc) is 3.03. The van der Waals surface area contributed by atoms with Gasteiger partial charge in [-0.25, -0.2) is 0 Å². The van der Waals surface area contributed by atoms with Crippen LogP contribution in [0.15, 0.2) is 60.7 Å². The standard InChI is InChI=1S/C21H21N5O3/c1-14-12-15(2)26(25-14)13-19(27)23-24-21(29)17-10-6-7-11-18(17)22-20(28)16-8-4-3-5-9-16/h3-12H,13H2,1-2H3,(H,22,28)(H,23,27)(H,24,29). The molecular weight excluding hydrogens is 370 g/mol. The fraction of sp³-hybridized carbons (Fsp3) is 0.143. The number of hydrogen-bond acceptors (Lipinski definition) is 4. The highest BCUT2D eigenvalue weighted by molar-refractivity contribution is 6.09. The molecule has 3 amide bonds. The third-order valence-electron chi connectivity index (χ3n) is 4.17. The minimum absolute atomic E-state index is 0.0215. The van der Waals surface area contributed by atoms with Crippen molar-refractivity contribution in [2.24, 2.45) is 0 Å². The lowest BCUT2D eigenvalue weighted by molar-refractivity contribution is -0.122. The number of carbonyl (C=O) groups excluding carboxylic acids is 3. The van der Waals surface area contributed by atoms with Crippen LogP contribution in [0.1, 0.15) is 32.1 Å². The molecule has 0 saturated heterocycles. The number of aromatic nitrogens is 2. The van der Waals surface area contributed by atoms with E-state index in [9.17, 15) is 14.4 Å². The van der Waals surface area contributed by atoms with Crippen LogP contribution in [-0.2, 0) is 11.3 Å². The fourth-order valence-corrected chi connectivity index (χ4v) is 2.78. The Morgan fingerprint density at radius 2 is 1.59 bits per heavy atom. The molecule has 2 aromatic carbocycles. The molecule has 29 heavy (non-hydrogen) atoms. The van der Waals surface area contributed by atoms with Gasteiger partial charge in [-0.1, -0.05) is 30.3 Å². The van der Waals surface area contributed by atoms with E-state index in [1.807, 2.05) is 26.0 Å². The summed E-state index contributed by atoms with van der Waals surface area (Å²) in [7, 11) is 0. The lowest BCUT2D eigenvalue weighted by Crippen LogP contribution is -2.43. The van der Waals surface area contributed by atoms with E-state index in [1.165, 1.54) is 0 Å². The van der Waals surface area contributed by atoms with E-state index in [2.05, 4.69) is 21.3 Å². The minimum atomic E-state index is -0.546. The number of anilines is 1. The van der Waals surface area contributed by atoms with Gasteiger partial charge in [0, 0.05) is 11.3 Å². The highest BCUT2D eigenvalue weighted by Gasteiger charge is 2.15. The van der Waals surface area contributed by atoms with Gasteiger partial charge in [-0.05, 0) is 44.2 Å². The smallest absolute Gasteiger partial charge is 0.271 e. The van der Waals surface area contributed by atoms with Gasteiger partial charge in [0.05, 0.1) is 16.9 Å². The van der Waals surface area contributed by atoms with Crippen molar-refractivity contribution in [1.82, 2.24) is 20.6 Å². The third-order valence-corrected chi connectivity index (χ3v) is 4.17. The first kappa shape index (κ1) is 19.8. The summed E-state index contributed by atoms with van der Waals surface area (Å²) in [5.41, 5.74) is 7.42. The van der Waals surface area contributed by atoms with Crippen LogP contribution in [-0.4, -0.2) is 27.5 Å². The summed E-state index contributed by atoms with van der Waals surface area (Å²) in [6.45, 7) is 3.66. The Kier molecular flexibility index (Phi) is 6.03. The molecular formula is C21H21N5O3. The molecule has 0 spiro atoms. The molecule has 1 aromatic heterocycles. The molecule has 0 radical (unpaired) electrons. The van der Waals surface area contributed by atoms with E-state index >= 15 is 0 Å². The van der Waals surface area contributed by atoms with E-state index in [4.69, 9.17) is 0 Å². The van der Waals surface area contributed by atoms with Crippen LogP contribution in [0.25, 0.3) is 0 Å². The number of amides is 3. The summed E-state index contributed by atoms with van der Waals surface area (Å²) in [6, 6.07) is 17.1. The number of benzene rings is 2. The Morgan fingerprint density at radius 1 is 0.897 bits per heavy atom. The van der Waals surface area contributed by atoms with Gasteiger partial charge in [0.1, 0.15) is 6.54 Å². The maximum absolute atomic E-state index is 12.5. The Bertz CT molecular complexity index is 1040. The van der Waals surface area contributed by atoms with Gasteiger partial charge in [-0.2, -0.15) is 5.10 Å². The topological polar surface area (TPSA) is 105 Å². The van der Waals surface area contributed by atoms with Crippen molar-refractivity contribution in [3.63, 3.8) is 0 Å². The Hall–Kier alpha value is -3.94. The van der Waals surface area contributed by atoms with E-state index in [-0.39, 0.29) is 18.0 Å². The van der Waals surface area contributed by atoms with Crippen molar-refractivity contribution in [3.8, 4) is 0 Å². The number of hydrazine groups is 1. The van der Waals surface area contributed by atoms with Crippen LogP contribution in [0.4, 0.5) is 5.69 Å². The van der Waals surface area contributed by atoms with Gasteiger partial charge in [0.15, 0.2) is 0 Å². The van der Waals surface area contributed by atoms with E-state index in [1.54, 1.807) is 53.2 Å². The zero-order chi connectivity index (χ0) is 20.8. The second kappa shape index (κ2) is 8.83. The number of hydrogen-bond donors (Lipinski definition) is 3. The minimum Gasteiger partial charge on any atom is -0.321 e. The third kappa shape index (κ3) is 5.07. The van der Waals surface area contributed by atoms with Crippen molar-refractivity contribution in [2.75, 3.05) is 5.32 Å². The molecule has 3 rings (SSSR count). The van der Waals surface area contributed by atoms with Crippen LogP contribution in [0.3, 0.4) is 0 Å². The first-order valence-corrected chi connectivity index (χ1v) is 8.99. The van der Waals surface area contributed by atoms with Crippen LogP contribution < -0.4 is 16.2 Å². The molecule has 0 aliphatic carbocycles. The van der Waals surface area contributed by atoms with Gasteiger partial charge in [-0.15, -0.1) is 0 Å². The number of nitrogens with zero attached hydrogens (tertiary/aromatic N) is 2. The van der Waals surface area contributed by atoms with Crippen molar-refractivity contribution in [3.05, 3.63) is 83.2 Å². The largest absolute Gasteiger partial charge is 0.321 e. The monoisotopic (exact) mass is 391 g/mol. The number of nitrogens with one attached hydrogen (secondary N) is 3. The molecule has 3 N–H and O–H groups in total. The summed E-state index contributed by atoms with van der Waals surface area (Å²) in [5, 5.41) is 6.93. The predicted molar refractivity (Wildman–Crippen MR) is 108 cm³/mol. The number of aryl methyl sites for hydroxylation is 2. The molecule has 0 aliphatic heterocycles. The van der Waals surface area contributed by atoms with E-state index in [0.29, 0.717) is 11.3 Å². The van der Waals surface area contributed by atoms with Crippen LogP contribution in [0.2, 0.25) is 0 Å². The molecule has 0 atom stereocenters.